The van der Waals surface area contributed by atoms with Gasteiger partial charge in [0.05, 0.1) is 6.10 Å². The van der Waals surface area contributed by atoms with E-state index in [2.05, 4.69) is 212 Å². The molecule has 4 atom stereocenters. The van der Waals surface area contributed by atoms with E-state index in [0.29, 0.717) is 12.3 Å². The number of aliphatic hydroxyl groups is 1. The van der Waals surface area contributed by atoms with Gasteiger partial charge in [-0.25, -0.2) is 0 Å². The average molecular weight is 755 g/mol. The lowest BCUT2D eigenvalue weighted by Gasteiger charge is -2.37. The molecule has 0 aromatic heterocycles. The van der Waals surface area contributed by atoms with Gasteiger partial charge >= 0.3 is 0 Å². The smallest absolute Gasteiger partial charge is 0.143 e. The summed E-state index contributed by atoms with van der Waals surface area (Å²) in [4.78, 5) is 0. The summed E-state index contributed by atoms with van der Waals surface area (Å²) in [6, 6.07) is 76.3. The van der Waals surface area contributed by atoms with E-state index in [4.69, 9.17) is 4.74 Å². The van der Waals surface area contributed by atoms with Gasteiger partial charge in [0.25, 0.3) is 0 Å². The number of benzene rings is 7. The zero-order valence-electron chi connectivity index (χ0n) is 31.1. The molecule has 55 heavy (non-hydrogen) atoms. The summed E-state index contributed by atoms with van der Waals surface area (Å²) in [5.41, 5.74) is 2.80. The third-order valence-corrected chi connectivity index (χ3v) is 16.9. The summed E-state index contributed by atoms with van der Waals surface area (Å²) in [6.45, 7) is 0.507. The van der Waals surface area contributed by atoms with Gasteiger partial charge in [0.15, 0.2) is 0 Å². The molecule has 0 spiro atoms. The molecule has 2 nitrogen and oxygen atoms in total. The summed E-state index contributed by atoms with van der Waals surface area (Å²) in [5, 5.41) is 17.9. The molecule has 4 heteroatoms. The first-order valence-electron chi connectivity index (χ1n) is 19.5. The standard InChI is InChI=1S/C51H48O2P2/c52-49-38-50(55(45-32-18-6-19-33-45)46-34-20-7-21-35-46)48(39-54(43-28-14-4-15-29-43)44-30-16-5-17-31-44)47(49)36-37-53-51(40-22-8-1-9-23-40,41-24-10-2-11-25-41)42-26-12-3-13-27-42/h1-35,47-50,52H,36-39H2/t47-,48+,49-,50-/m0/s1. The highest BCUT2D eigenvalue weighted by Gasteiger charge is 2.47. The number of hydrogen-bond donors (Lipinski definition) is 1. The maximum atomic E-state index is 12.4. The summed E-state index contributed by atoms with van der Waals surface area (Å²) in [7, 11) is -1.43. The SMILES string of the molecule is O[C@H]1C[C@H](P(c2ccccc2)c2ccccc2)[C@H](CP(c2ccccc2)c2ccccc2)[C@@H]1CCOC(c1ccccc1)(c1ccccc1)c1ccccc1. The molecular formula is C51H48O2P2. The molecule has 274 valence electrons. The van der Waals surface area contributed by atoms with Crippen LogP contribution in [0.25, 0.3) is 0 Å². The molecule has 0 unspecified atom stereocenters. The van der Waals surface area contributed by atoms with Crippen LogP contribution < -0.4 is 21.2 Å². The first-order valence-corrected chi connectivity index (χ1v) is 22.4. The van der Waals surface area contributed by atoms with Gasteiger partial charge in [-0.15, -0.1) is 0 Å². The highest BCUT2D eigenvalue weighted by atomic mass is 31.1. The van der Waals surface area contributed by atoms with Gasteiger partial charge in [0, 0.05) is 6.61 Å². The molecule has 1 aliphatic carbocycles. The Bertz CT molecular complexity index is 1990. The van der Waals surface area contributed by atoms with Crippen LogP contribution in [0.1, 0.15) is 29.5 Å². The fourth-order valence-corrected chi connectivity index (χ4v) is 14.8. The minimum atomic E-state index is -0.802. The Morgan fingerprint density at radius 1 is 0.455 bits per heavy atom. The van der Waals surface area contributed by atoms with Crippen molar-refractivity contribution < 1.29 is 9.84 Å². The van der Waals surface area contributed by atoms with Crippen LogP contribution in [0, 0.1) is 11.8 Å². The molecule has 8 rings (SSSR count). The van der Waals surface area contributed by atoms with Gasteiger partial charge in [-0.3, -0.25) is 0 Å². The second kappa shape index (κ2) is 17.8. The van der Waals surface area contributed by atoms with E-state index in [1.54, 1.807) is 0 Å². The predicted molar refractivity (Wildman–Crippen MR) is 234 cm³/mol. The third-order valence-electron chi connectivity index (χ3n) is 11.3. The van der Waals surface area contributed by atoms with Crippen LogP contribution in [0.4, 0.5) is 0 Å². The van der Waals surface area contributed by atoms with E-state index < -0.39 is 27.5 Å². The van der Waals surface area contributed by atoms with Gasteiger partial charge < -0.3 is 9.84 Å². The topological polar surface area (TPSA) is 29.5 Å². The van der Waals surface area contributed by atoms with Crippen molar-refractivity contribution in [1.82, 2.24) is 0 Å². The van der Waals surface area contributed by atoms with Gasteiger partial charge in [-0.2, -0.15) is 0 Å². The fourth-order valence-electron chi connectivity index (χ4n) is 8.74. The summed E-state index contributed by atoms with van der Waals surface area (Å²) in [5.74, 6) is 0.344. The number of rotatable bonds is 14. The Morgan fingerprint density at radius 3 is 1.18 bits per heavy atom. The monoisotopic (exact) mass is 754 g/mol. The predicted octanol–water partition coefficient (Wildman–Crippen LogP) is 10.0. The van der Waals surface area contributed by atoms with Gasteiger partial charge in [-0.05, 0) is 90.3 Å². The van der Waals surface area contributed by atoms with Crippen molar-refractivity contribution in [3.8, 4) is 0 Å². The molecule has 1 fully saturated rings. The quantitative estimate of drug-likeness (QED) is 0.0885. The van der Waals surface area contributed by atoms with Crippen molar-refractivity contribution >= 4 is 37.1 Å². The second-order valence-corrected chi connectivity index (χ2v) is 19.1. The molecule has 1 aliphatic rings. The third kappa shape index (κ3) is 8.16. The fraction of sp³-hybridized carbons (Fsp3) is 0.176. The van der Waals surface area contributed by atoms with E-state index in [-0.39, 0.29) is 11.8 Å². The Morgan fingerprint density at radius 2 is 0.800 bits per heavy atom. The summed E-state index contributed by atoms with van der Waals surface area (Å²) < 4.78 is 7.39. The van der Waals surface area contributed by atoms with Gasteiger partial charge in [0.1, 0.15) is 5.60 Å². The van der Waals surface area contributed by atoms with Crippen molar-refractivity contribution in [3.05, 3.63) is 229 Å². The first kappa shape index (κ1) is 37.3. The zero-order chi connectivity index (χ0) is 37.3. The molecule has 1 saturated carbocycles. The lowest BCUT2D eigenvalue weighted by molar-refractivity contribution is -0.00584. The van der Waals surface area contributed by atoms with Crippen molar-refractivity contribution in [2.45, 2.75) is 30.2 Å². The first-order chi connectivity index (χ1) is 27.2. The highest BCUT2D eigenvalue weighted by Crippen LogP contribution is 2.56. The molecule has 0 amide bonds. The lowest BCUT2D eigenvalue weighted by Crippen LogP contribution is -2.35. The van der Waals surface area contributed by atoms with E-state index in [0.717, 1.165) is 35.7 Å². The normalized spacial score (nSPS) is 18.5. The molecule has 0 heterocycles. The number of hydrogen-bond acceptors (Lipinski definition) is 2. The summed E-state index contributed by atoms with van der Waals surface area (Å²) in [6.07, 6.45) is 2.11. The largest absolute Gasteiger partial charge is 0.393 e. The van der Waals surface area contributed by atoms with Crippen molar-refractivity contribution in [1.29, 1.82) is 0 Å². The number of aliphatic hydroxyl groups excluding tert-OH is 1. The van der Waals surface area contributed by atoms with Crippen LogP contribution in [-0.2, 0) is 10.3 Å². The van der Waals surface area contributed by atoms with Crippen LogP contribution in [0.5, 0.6) is 0 Å². The molecule has 7 aromatic carbocycles. The molecular weight excluding hydrogens is 707 g/mol. The van der Waals surface area contributed by atoms with Crippen LogP contribution in [-0.4, -0.2) is 29.6 Å². The Hall–Kier alpha value is -4.68. The van der Waals surface area contributed by atoms with Crippen molar-refractivity contribution in [2.24, 2.45) is 11.8 Å². The highest BCUT2D eigenvalue weighted by molar-refractivity contribution is 7.74. The van der Waals surface area contributed by atoms with Gasteiger partial charge in [0.2, 0.25) is 0 Å². The van der Waals surface area contributed by atoms with Crippen molar-refractivity contribution in [2.75, 3.05) is 12.8 Å². The molecule has 0 aliphatic heterocycles. The molecule has 1 N–H and O–H groups in total. The lowest BCUT2D eigenvalue weighted by atomic mass is 9.80. The summed E-state index contributed by atoms with van der Waals surface area (Å²) >= 11 is 0. The van der Waals surface area contributed by atoms with Crippen LogP contribution in [0.15, 0.2) is 212 Å². The van der Waals surface area contributed by atoms with Crippen molar-refractivity contribution in [3.63, 3.8) is 0 Å². The van der Waals surface area contributed by atoms with Crippen LogP contribution >= 0.6 is 15.8 Å². The van der Waals surface area contributed by atoms with E-state index in [1.165, 1.54) is 21.2 Å². The van der Waals surface area contributed by atoms with E-state index >= 15 is 0 Å². The van der Waals surface area contributed by atoms with Gasteiger partial charge in [-0.1, -0.05) is 212 Å². The minimum Gasteiger partial charge on any atom is -0.393 e. The molecule has 0 bridgehead atoms. The van der Waals surface area contributed by atoms with E-state index in [9.17, 15) is 5.11 Å². The number of ether oxygens (including phenoxy) is 1. The van der Waals surface area contributed by atoms with Crippen LogP contribution in [0.3, 0.4) is 0 Å². The maximum Gasteiger partial charge on any atom is 0.143 e. The van der Waals surface area contributed by atoms with E-state index in [1.807, 2.05) is 0 Å². The molecule has 0 saturated heterocycles. The maximum absolute atomic E-state index is 12.4. The minimum absolute atomic E-state index is 0.0693. The second-order valence-electron chi connectivity index (χ2n) is 14.4. The zero-order valence-corrected chi connectivity index (χ0v) is 32.9. The Balaban J connectivity index is 1.20. The molecule has 7 aromatic rings. The average Bonchev–Trinajstić information content (AvgIpc) is 3.57. The Kier molecular flexibility index (Phi) is 12.1. The van der Waals surface area contributed by atoms with Crippen LogP contribution in [0.2, 0.25) is 0 Å². The Labute approximate surface area is 329 Å². The molecule has 0 radical (unpaired) electrons.